The molecule has 45 heavy (non-hydrogen) atoms. The Morgan fingerprint density at radius 2 is 1.47 bits per heavy atom. The van der Waals surface area contributed by atoms with Gasteiger partial charge in [0.2, 0.25) is 5.91 Å². The molecule has 6 heterocycles. The summed E-state index contributed by atoms with van der Waals surface area (Å²) in [5, 5.41) is 12.0. The van der Waals surface area contributed by atoms with Crippen molar-refractivity contribution in [2.24, 2.45) is 0 Å². The number of aliphatic hydroxyl groups is 1. The summed E-state index contributed by atoms with van der Waals surface area (Å²) in [5.74, 6) is 0.316. The van der Waals surface area contributed by atoms with E-state index in [-0.39, 0.29) is 6.10 Å². The molecule has 2 N–H and O–H groups in total. The Kier molecular flexibility index (Phi) is 8.89. The average molecular weight is 632 g/mol. The second kappa shape index (κ2) is 12.8. The van der Waals surface area contributed by atoms with Crippen molar-refractivity contribution in [3.05, 3.63) is 45.8 Å². The topological polar surface area (TPSA) is 66.0 Å². The van der Waals surface area contributed by atoms with Crippen molar-refractivity contribution in [1.29, 1.82) is 0 Å². The molecular weight excluding hydrogens is 579 g/mol. The number of piperazine rings is 1. The second-order valence-corrected chi connectivity index (χ2v) is 16.1. The zero-order valence-electron chi connectivity index (χ0n) is 27.9. The van der Waals surface area contributed by atoms with E-state index < -0.39 is 5.41 Å². The number of nitrogens with one attached hydrogen (secondary N) is 1. The number of β-amino-alcohol motifs (C(OH)–C–C–N with tert-alkyl or cyclic N) is 1. The molecular formula is C37H53N5O2S. The molecule has 1 amide bonds. The van der Waals surface area contributed by atoms with E-state index in [9.17, 15) is 9.90 Å². The van der Waals surface area contributed by atoms with E-state index in [2.05, 4.69) is 76.5 Å². The molecule has 1 aromatic carbocycles. The van der Waals surface area contributed by atoms with Gasteiger partial charge in [-0.3, -0.25) is 9.69 Å². The largest absolute Gasteiger partial charge is 0.390 e. The molecule has 4 aliphatic rings. The summed E-state index contributed by atoms with van der Waals surface area (Å²) in [5.41, 5.74) is 5.91. The minimum Gasteiger partial charge on any atom is -0.390 e. The van der Waals surface area contributed by atoms with Gasteiger partial charge in [0, 0.05) is 68.2 Å². The standard InChI is InChI=1S/C37H53N5O2S/c1-25-19-26(2)21-27(20-25)34-31(11-14-39-15-17-41(18-16-39)24-30(43)23-40-12-5-6-13-40)32-22-33(45-35(32)38-34)37(3,4)36(44)42-28-7-8-29(42)10-9-28/h19-22,28-30,38,43H,5-18,23-24H2,1-4H3. The van der Waals surface area contributed by atoms with Crippen LogP contribution in [0.5, 0.6) is 0 Å². The number of aromatic amines is 1. The number of likely N-dealkylation sites (tertiary alicyclic amines) is 1. The van der Waals surface area contributed by atoms with Gasteiger partial charge in [0.1, 0.15) is 4.83 Å². The summed E-state index contributed by atoms with van der Waals surface area (Å²) >= 11 is 1.78. The van der Waals surface area contributed by atoms with Gasteiger partial charge in [0.25, 0.3) is 0 Å². The van der Waals surface area contributed by atoms with Gasteiger partial charge in [-0.15, -0.1) is 11.3 Å². The maximum atomic E-state index is 14.0. The van der Waals surface area contributed by atoms with Crippen LogP contribution in [0.2, 0.25) is 0 Å². The van der Waals surface area contributed by atoms with Crippen molar-refractivity contribution in [3.8, 4) is 11.3 Å². The van der Waals surface area contributed by atoms with Crippen LogP contribution in [0.25, 0.3) is 21.5 Å². The fraction of sp³-hybridized carbons (Fsp3) is 0.649. The number of hydrogen-bond acceptors (Lipinski definition) is 6. The molecule has 3 aromatic rings. The van der Waals surface area contributed by atoms with Crippen molar-refractivity contribution in [2.45, 2.75) is 96.2 Å². The molecule has 0 saturated carbocycles. The van der Waals surface area contributed by atoms with Gasteiger partial charge in [-0.1, -0.05) is 17.2 Å². The number of benzene rings is 1. The molecule has 7 nitrogen and oxygen atoms in total. The van der Waals surface area contributed by atoms with E-state index in [4.69, 9.17) is 0 Å². The molecule has 2 bridgehead atoms. The summed E-state index contributed by atoms with van der Waals surface area (Å²) < 4.78 is 0. The first-order valence-corrected chi connectivity index (χ1v) is 18.4. The van der Waals surface area contributed by atoms with Crippen LogP contribution in [-0.4, -0.2) is 113 Å². The van der Waals surface area contributed by atoms with Crippen molar-refractivity contribution >= 4 is 27.5 Å². The number of nitrogens with zero attached hydrogens (tertiary/aromatic N) is 4. The third-order valence-corrected chi connectivity index (χ3v) is 12.6. The number of H-pyrrole nitrogens is 1. The van der Waals surface area contributed by atoms with E-state index in [1.54, 1.807) is 11.3 Å². The minimum atomic E-state index is -0.525. The van der Waals surface area contributed by atoms with Crippen LogP contribution < -0.4 is 0 Å². The van der Waals surface area contributed by atoms with Crippen LogP contribution in [0.15, 0.2) is 24.3 Å². The van der Waals surface area contributed by atoms with Crippen molar-refractivity contribution in [3.63, 3.8) is 0 Å². The molecule has 1 unspecified atom stereocenters. The van der Waals surface area contributed by atoms with Crippen molar-refractivity contribution in [2.75, 3.05) is 58.9 Å². The summed E-state index contributed by atoms with van der Waals surface area (Å²) in [6.07, 6.45) is 7.96. The number of amides is 1. The Bertz CT molecular complexity index is 1470. The summed E-state index contributed by atoms with van der Waals surface area (Å²) in [6, 6.07) is 10.1. The van der Waals surface area contributed by atoms with Crippen molar-refractivity contribution in [1.82, 2.24) is 24.6 Å². The highest BCUT2D eigenvalue weighted by Gasteiger charge is 2.47. The average Bonchev–Trinajstić information content (AvgIpc) is 3.84. The molecule has 1 atom stereocenters. The van der Waals surface area contributed by atoms with Crippen LogP contribution in [0.1, 0.15) is 73.9 Å². The highest BCUT2D eigenvalue weighted by molar-refractivity contribution is 7.19. The number of aromatic nitrogens is 1. The van der Waals surface area contributed by atoms with Crippen LogP contribution in [-0.2, 0) is 16.6 Å². The molecule has 0 spiro atoms. The Morgan fingerprint density at radius 1 is 0.889 bits per heavy atom. The number of aryl methyl sites for hydroxylation is 2. The molecule has 0 radical (unpaired) electrons. The Morgan fingerprint density at radius 3 is 2.09 bits per heavy atom. The second-order valence-electron chi connectivity index (χ2n) is 15.1. The molecule has 7 rings (SSSR count). The quantitative estimate of drug-likeness (QED) is 0.307. The highest BCUT2D eigenvalue weighted by atomic mass is 32.1. The molecule has 2 aromatic heterocycles. The molecule has 4 saturated heterocycles. The number of hydrogen-bond donors (Lipinski definition) is 2. The number of thiophene rings is 1. The molecule has 4 aliphatic heterocycles. The molecule has 244 valence electrons. The fourth-order valence-corrected chi connectivity index (χ4v) is 9.91. The van der Waals surface area contributed by atoms with Gasteiger partial charge in [-0.05, 0) is 115 Å². The summed E-state index contributed by atoms with van der Waals surface area (Å²) in [6.45, 7) is 17.6. The number of carbonyl (C=O) groups is 1. The van der Waals surface area contributed by atoms with E-state index >= 15 is 0 Å². The fourth-order valence-electron chi connectivity index (χ4n) is 8.72. The van der Waals surface area contributed by atoms with Crippen LogP contribution >= 0.6 is 11.3 Å². The van der Waals surface area contributed by atoms with Gasteiger partial charge >= 0.3 is 0 Å². The van der Waals surface area contributed by atoms with E-state index in [1.807, 2.05) is 0 Å². The summed E-state index contributed by atoms with van der Waals surface area (Å²) in [4.78, 5) is 29.9. The minimum absolute atomic E-state index is 0.257. The molecule has 0 aliphatic carbocycles. The van der Waals surface area contributed by atoms with Crippen LogP contribution in [0.3, 0.4) is 0 Å². The van der Waals surface area contributed by atoms with E-state index in [0.717, 1.165) is 65.3 Å². The zero-order chi connectivity index (χ0) is 31.3. The number of rotatable bonds is 10. The lowest BCUT2D eigenvalue weighted by Gasteiger charge is -2.36. The van der Waals surface area contributed by atoms with Gasteiger partial charge in [-0.25, -0.2) is 0 Å². The first-order chi connectivity index (χ1) is 21.7. The van der Waals surface area contributed by atoms with E-state index in [0.29, 0.717) is 18.0 Å². The highest BCUT2D eigenvalue weighted by Crippen LogP contribution is 2.44. The van der Waals surface area contributed by atoms with Crippen molar-refractivity contribution < 1.29 is 9.90 Å². The Hall–Kier alpha value is -2.23. The maximum absolute atomic E-state index is 14.0. The monoisotopic (exact) mass is 631 g/mol. The Labute approximate surface area is 273 Å². The SMILES string of the molecule is Cc1cc(C)cc(-c2[nH]c3sc(C(C)(C)C(=O)N4C5CCC4CC5)cc3c2CCN2CCN(CC(O)CN3CCCC3)CC2)c1. The third-order valence-electron chi connectivity index (χ3n) is 11.2. The first-order valence-electron chi connectivity index (χ1n) is 17.6. The summed E-state index contributed by atoms with van der Waals surface area (Å²) in [7, 11) is 0. The van der Waals surface area contributed by atoms with Crippen LogP contribution in [0, 0.1) is 13.8 Å². The maximum Gasteiger partial charge on any atom is 0.233 e. The van der Waals surface area contributed by atoms with Gasteiger partial charge in [0.05, 0.1) is 17.2 Å². The lowest BCUT2D eigenvalue weighted by Crippen LogP contribution is -2.50. The lowest BCUT2D eigenvalue weighted by atomic mass is 9.88. The lowest BCUT2D eigenvalue weighted by molar-refractivity contribution is -0.137. The predicted octanol–water partition coefficient (Wildman–Crippen LogP) is 5.56. The number of aliphatic hydroxyl groups excluding tert-OH is 1. The normalized spacial score (nSPS) is 24.0. The third kappa shape index (κ3) is 6.38. The zero-order valence-corrected chi connectivity index (χ0v) is 28.7. The molecule has 8 heteroatoms. The van der Waals surface area contributed by atoms with Gasteiger partial charge in [-0.2, -0.15) is 0 Å². The van der Waals surface area contributed by atoms with Crippen LogP contribution in [0.4, 0.5) is 0 Å². The predicted molar refractivity (Wildman–Crippen MR) is 185 cm³/mol. The van der Waals surface area contributed by atoms with Gasteiger partial charge in [0.15, 0.2) is 0 Å². The smallest absolute Gasteiger partial charge is 0.233 e. The molecule has 4 fully saturated rings. The number of fused-ring (bicyclic) bond motifs is 3. The first kappa shape index (κ1) is 31.4. The number of carbonyl (C=O) groups excluding carboxylic acids is 1. The van der Waals surface area contributed by atoms with Gasteiger partial charge < -0.3 is 24.8 Å². The van der Waals surface area contributed by atoms with E-state index in [1.165, 1.54) is 81.6 Å². The Balaban J connectivity index is 1.08.